The summed E-state index contributed by atoms with van der Waals surface area (Å²) in [4.78, 5) is 0. The van der Waals surface area contributed by atoms with Gasteiger partial charge in [0.25, 0.3) is 0 Å². The molecule has 1 fully saturated rings. The van der Waals surface area contributed by atoms with Crippen LogP contribution in [0.4, 0.5) is 0 Å². The smallest absolute Gasteiger partial charge is 0.121 e. The highest BCUT2D eigenvalue weighted by Crippen LogP contribution is 2.42. The Hall–Kier alpha value is -4.50. The second kappa shape index (κ2) is 17.1. The SMILES string of the molecule is COc1ccc(O)c([C@@H]2O[C@H](COCc3ccccc3)[C@@H](OCc3ccccc3)[C@H](OCc3ccccc3)[C@H]2OCc2ccccc2)c1. The Labute approximate surface area is 282 Å². The highest BCUT2D eigenvalue weighted by Gasteiger charge is 2.49. The van der Waals surface area contributed by atoms with Crippen LogP contribution in [0.15, 0.2) is 140 Å². The van der Waals surface area contributed by atoms with E-state index in [1.165, 1.54) is 0 Å². The monoisotopic (exact) mass is 646 g/mol. The van der Waals surface area contributed by atoms with Crippen molar-refractivity contribution in [3.8, 4) is 11.5 Å². The molecule has 0 spiro atoms. The molecule has 0 bridgehead atoms. The van der Waals surface area contributed by atoms with Gasteiger partial charge in [0.15, 0.2) is 0 Å². The number of hydrogen-bond acceptors (Lipinski definition) is 7. The molecule has 0 aromatic heterocycles. The molecule has 7 nitrogen and oxygen atoms in total. The Morgan fingerprint density at radius 1 is 0.542 bits per heavy atom. The van der Waals surface area contributed by atoms with Crippen LogP contribution in [0.2, 0.25) is 0 Å². The van der Waals surface area contributed by atoms with E-state index in [1.807, 2.05) is 121 Å². The minimum Gasteiger partial charge on any atom is -0.508 e. The molecule has 0 radical (unpaired) electrons. The number of hydrogen-bond donors (Lipinski definition) is 1. The van der Waals surface area contributed by atoms with Crippen LogP contribution in [0, 0.1) is 0 Å². The van der Waals surface area contributed by atoms with Gasteiger partial charge in [0.2, 0.25) is 0 Å². The van der Waals surface area contributed by atoms with Gasteiger partial charge in [0.1, 0.15) is 42.0 Å². The number of methoxy groups -OCH3 is 1. The van der Waals surface area contributed by atoms with Crippen molar-refractivity contribution in [2.75, 3.05) is 13.7 Å². The molecule has 0 saturated carbocycles. The molecule has 5 atom stereocenters. The summed E-state index contributed by atoms with van der Waals surface area (Å²) in [6.45, 7) is 1.62. The summed E-state index contributed by atoms with van der Waals surface area (Å²) in [5.41, 5.74) is 4.64. The molecule has 1 aliphatic rings. The molecule has 0 aliphatic carbocycles. The summed E-state index contributed by atoms with van der Waals surface area (Å²) < 4.78 is 39.0. The van der Waals surface area contributed by atoms with E-state index < -0.39 is 30.5 Å². The van der Waals surface area contributed by atoms with Crippen LogP contribution in [-0.2, 0) is 50.1 Å². The molecule has 6 rings (SSSR count). The number of phenolic OH excluding ortho intramolecular Hbond substituents is 1. The Morgan fingerprint density at radius 2 is 1.00 bits per heavy atom. The van der Waals surface area contributed by atoms with Crippen LogP contribution in [0.3, 0.4) is 0 Å². The zero-order valence-electron chi connectivity index (χ0n) is 27.1. The van der Waals surface area contributed by atoms with Crippen molar-refractivity contribution in [3.63, 3.8) is 0 Å². The fraction of sp³-hybridized carbons (Fsp3) is 0.268. The maximum Gasteiger partial charge on any atom is 0.121 e. The van der Waals surface area contributed by atoms with Gasteiger partial charge in [-0.05, 0) is 40.5 Å². The maximum atomic E-state index is 11.2. The summed E-state index contributed by atoms with van der Waals surface area (Å²) in [6, 6.07) is 45.2. The van der Waals surface area contributed by atoms with Gasteiger partial charge >= 0.3 is 0 Å². The van der Waals surface area contributed by atoms with Gasteiger partial charge < -0.3 is 33.5 Å². The van der Waals surface area contributed by atoms with Gasteiger partial charge in [-0.25, -0.2) is 0 Å². The van der Waals surface area contributed by atoms with Crippen molar-refractivity contribution in [2.24, 2.45) is 0 Å². The molecule has 248 valence electrons. The second-order valence-corrected chi connectivity index (χ2v) is 11.8. The summed E-state index contributed by atoms with van der Waals surface area (Å²) in [5.74, 6) is 0.665. The molecule has 0 unspecified atom stereocenters. The van der Waals surface area contributed by atoms with Gasteiger partial charge in [-0.2, -0.15) is 0 Å². The van der Waals surface area contributed by atoms with E-state index in [0.717, 1.165) is 22.3 Å². The van der Waals surface area contributed by atoms with E-state index >= 15 is 0 Å². The number of phenols is 1. The number of rotatable bonds is 15. The zero-order chi connectivity index (χ0) is 33.0. The van der Waals surface area contributed by atoms with Crippen LogP contribution in [0.25, 0.3) is 0 Å². The minimum atomic E-state index is -0.730. The molecule has 1 N–H and O–H groups in total. The van der Waals surface area contributed by atoms with Crippen LogP contribution in [-0.4, -0.2) is 43.2 Å². The average molecular weight is 647 g/mol. The molecule has 0 amide bonds. The third kappa shape index (κ3) is 8.89. The lowest BCUT2D eigenvalue weighted by Crippen LogP contribution is -2.58. The van der Waals surface area contributed by atoms with Crippen molar-refractivity contribution >= 4 is 0 Å². The van der Waals surface area contributed by atoms with Crippen molar-refractivity contribution in [1.29, 1.82) is 0 Å². The van der Waals surface area contributed by atoms with E-state index in [0.29, 0.717) is 37.7 Å². The lowest BCUT2D eigenvalue weighted by molar-refractivity contribution is -0.275. The molecule has 1 aliphatic heterocycles. The molecule has 7 heteroatoms. The Bertz CT molecular complexity index is 1650. The lowest BCUT2D eigenvalue weighted by atomic mass is 9.89. The topological polar surface area (TPSA) is 75.6 Å². The van der Waals surface area contributed by atoms with Crippen molar-refractivity contribution in [1.82, 2.24) is 0 Å². The van der Waals surface area contributed by atoms with E-state index in [-0.39, 0.29) is 12.4 Å². The summed E-state index contributed by atoms with van der Waals surface area (Å²) in [6.07, 6.45) is -3.14. The molecule has 5 aromatic carbocycles. The molecular formula is C41H42O7. The largest absolute Gasteiger partial charge is 0.508 e. The van der Waals surface area contributed by atoms with Gasteiger partial charge in [0, 0.05) is 5.56 Å². The van der Waals surface area contributed by atoms with Gasteiger partial charge in [-0.1, -0.05) is 121 Å². The van der Waals surface area contributed by atoms with Gasteiger partial charge in [0.05, 0.1) is 40.1 Å². The number of ether oxygens (including phenoxy) is 6. The number of benzene rings is 5. The molecule has 5 aromatic rings. The highest BCUT2D eigenvalue weighted by molar-refractivity contribution is 5.42. The zero-order valence-corrected chi connectivity index (χ0v) is 27.1. The Morgan fingerprint density at radius 3 is 1.50 bits per heavy atom. The van der Waals surface area contributed by atoms with E-state index in [1.54, 1.807) is 25.3 Å². The van der Waals surface area contributed by atoms with Gasteiger partial charge in [-0.15, -0.1) is 0 Å². The normalized spacial score (nSPS) is 20.7. The molecular weight excluding hydrogens is 604 g/mol. The van der Waals surface area contributed by atoms with E-state index in [4.69, 9.17) is 28.4 Å². The second-order valence-electron chi connectivity index (χ2n) is 11.8. The predicted molar refractivity (Wildman–Crippen MR) is 183 cm³/mol. The number of aromatic hydroxyl groups is 1. The fourth-order valence-electron chi connectivity index (χ4n) is 5.93. The van der Waals surface area contributed by atoms with Crippen molar-refractivity contribution in [3.05, 3.63) is 167 Å². The predicted octanol–water partition coefficient (Wildman–Crippen LogP) is 7.81. The average Bonchev–Trinajstić information content (AvgIpc) is 3.14. The van der Waals surface area contributed by atoms with Crippen LogP contribution < -0.4 is 4.74 Å². The van der Waals surface area contributed by atoms with Crippen molar-refractivity contribution < 1.29 is 33.5 Å². The van der Waals surface area contributed by atoms with Gasteiger partial charge in [-0.3, -0.25) is 0 Å². The first-order valence-electron chi connectivity index (χ1n) is 16.3. The van der Waals surface area contributed by atoms with Crippen LogP contribution in [0.5, 0.6) is 11.5 Å². The molecule has 1 heterocycles. The highest BCUT2D eigenvalue weighted by atomic mass is 16.6. The lowest BCUT2D eigenvalue weighted by Gasteiger charge is -2.46. The van der Waals surface area contributed by atoms with E-state index in [2.05, 4.69) is 0 Å². The summed E-state index contributed by atoms with van der Waals surface area (Å²) >= 11 is 0. The first-order chi connectivity index (χ1) is 23.7. The van der Waals surface area contributed by atoms with Crippen molar-refractivity contribution in [2.45, 2.75) is 56.9 Å². The third-order valence-corrected chi connectivity index (χ3v) is 8.42. The minimum absolute atomic E-state index is 0.0727. The Balaban J connectivity index is 1.37. The molecule has 48 heavy (non-hydrogen) atoms. The summed E-state index contributed by atoms with van der Waals surface area (Å²) in [5, 5.41) is 11.2. The van der Waals surface area contributed by atoms with Crippen LogP contribution in [0.1, 0.15) is 33.9 Å². The van der Waals surface area contributed by atoms with E-state index in [9.17, 15) is 5.11 Å². The molecule has 1 saturated heterocycles. The summed E-state index contributed by atoms with van der Waals surface area (Å²) in [7, 11) is 1.60. The quantitative estimate of drug-likeness (QED) is 0.124. The maximum absolute atomic E-state index is 11.2. The third-order valence-electron chi connectivity index (χ3n) is 8.42. The Kier molecular flexibility index (Phi) is 11.9. The van der Waals surface area contributed by atoms with Crippen LogP contribution >= 0.6 is 0 Å². The first kappa shape index (κ1) is 33.4. The first-order valence-corrected chi connectivity index (χ1v) is 16.3. The standard InChI is InChI=1S/C41H42O7/c1-43-34-22-23-36(42)35(24-34)38-40(46-27-32-18-10-4-11-19-32)41(47-28-33-20-12-5-13-21-33)39(45-26-31-16-8-3-9-17-31)37(48-38)29-44-25-30-14-6-2-7-15-30/h2-24,37-42H,25-29H2,1H3/t37-,38+,39-,40+,41+/m1/s1. The fourth-order valence-corrected chi connectivity index (χ4v) is 5.93.